The van der Waals surface area contributed by atoms with Crippen molar-refractivity contribution >= 4 is 18.0 Å². The minimum Gasteiger partial charge on any atom is -0.493 e. The third-order valence-corrected chi connectivity index (χ3v) is 5.12. The van der Waals surface area contributed by atoms with E-state index in [0.717, 1.165) is 24.8 Å². The van der Waals surface area contributed by atoms with Gasteiger partial charge in [0.25, 0.3) is 5.91 Å². The number of hydrogen-bond acceptors (Lipinski definition) is 5. The summed E-state index contributed by atoms with van der Waals surface area (Å²) in [5.74, 6) is -0.304. The van der Waals surface area contributed by atoms with Crippen molar-refractivity contribution in [2.75, 3.05) is 13.7 Å². The first kappa shape index (κ1) is 21.5. The quantitative estimate of drug-likeness (QED) is 0.529. The lowest BCUT2D eigenvalue weighted by molar-refractivity contribution is -0.157. The first-order valence-electron chi connectivity index (χ1n) is 9.73. The lowest BCUT2D eigenvalue weighted by Gasteiger charge is -2.39. The second-order valence-corrected chi connectivity index (χ2v) is 6.98. The predicted octanol–water partition coefficient (Wildman–Crippen LogP) is 3.72. The molecule has 1 atom stereocenters. The van der Waals surface area contributed by atoms with Crippen LogP contribution in [-0.2, 0) is 14.3 Å². The number of nitrogens with zero attached hydrogens (tertiary/aromatic N) is 2. The van der Waals surface area contributed by atoms with Crippen molar-refractivity contribution in [3.05, 3.63) is 35.9 Å². The van der Waals surface area contributed by atoms with Gasteiger partial charge < -0.3 is 14.4 Å². The lowest BCUT2D eigenvalue weighted by Crippen LogP contribution is -2.53. The van der Waals surface area contributed by atoms with Crippen molar-refractivity contribution < 1.29 is 19.1 Å². The molecule has 6 heteroatoms. The Hall–Kier alpha value is -2.81. The van der Waals surface area contributed by atoms with Gasteiger partial charge >= 0.3 is 5.97 Å². The van der Waals surface area contributed by atoms with Crippen LogP contribution in [0.5, 0.6) is 5.75 Å². The number of benzene rings is 1. The molecule has 1 aromatic rings. The molecule has 0 aromatic heterocycles. The van der Waals surface area contributed by atoms with E-state index in [4.69, 9.17) is 9.47 Å². The van der Waals surface area contributed by atoms with Crippen molar-refractivity contribution in [1.82, 2.24) is 4.90 Å². The first-order valence-corrected chi connectivity index (χ1v) is 9.73. The van der Waals surface area contributed by atoms with Gasteiger partial charge in [0.2, 0.25) is 0 Å². The topological polar surface area (TPSA) is 79.6 Å². The number of hydrogen-bond donors (Lipinski definition) is 0. The normalized spacial score (nSPS) is 16.8. The Balaban J connectivity index is 2.00. The number of esters is 1. The molecule has 0 saturated heterocycles. The standard InChI is InChI=1S/C22H28N2O4/c1-4-27-19-11-7-6-10-18(19)12-13-20(25)28-17(2)21(26)24(3)22(16-23)14-8-5-9-15-22/h6-7,10-13,17H,4-5,8-9,14-15H2,1-3H3/b13-12+/t17-/m1/s1. The Labute approximate surface area is 166 Å². The highest BCUT2D eigenvalue weighted by Gasteiger charge is 2.40. The number of carbonyl (C=O) groups excluding carboxylic acids is 2. The highest BCUT2D eigenvalue weighted by atomic mass is 16.5. The van der Waals surface area contributed by atoms with Crippen molar-refractivity contribution in [2.24, 2.45) is 0 Å². The molecule has 0 spiro atoms. The molecule has 150 valence electrons. The molecular weight excluding hydrogens is 356 g/mol. The molecule has 0 heterocycles. The molecule has 0 bridgehead atoms. The lowest BCUT2D eigenvalue weighted by atomic mass is 9.81. The molecular formula is C22H28N2O4. The fourth-order valence-corrected chi connectivity index (χ4v) is 3.47. The third-order valence-electron chi connectivity index (χ3n) is 5.12. The van der Waals surface area contributed by atoms with Gasteiger partial charge in [0, 0.05) is 18.7 Å². The molecule has 0 unspecified atom stereocenters. The molecule has 1 aromatic carbocycles. The maximum absolute atomic E-state index is 12.7. The zero-order valence-corrected chi connectivity index (χ0v) is 16.8. The number of ether oxygens (including phenoxy) is 2. The van der Waals surface area contributed by atoms with Crippen molar-refractivity contribution in [3.63, 3.8) is 0 Å². The Morgan fingerprint density at radius 2 is 1.96 bits per heavy atom. The van der Waals surface area contributed by atoms with Crippen LogP contribution >= 0.6 is 0 Å². The fourth-order valence-electron chi connectivity index (χ4n) is 3.47. The van der Waals surface area contributed by atoms with Crippen LogP contribution in [0.2, 0.25) is 0 Å². The van der Waals surface area contributed by atoms with Crippen LogP contribution < -0.4 is 4.74 Å². The Kier molecular flexibility index (Phi) is 7.62. The second kappa shape index (κ2) is 9.93. The van der Waals surface area contributed by atoms with Crippen LogP contribution in [-0.4, -0.2) is 42.1 Å². The van der Waals surface area contributed by atoms with E-state index >= 15 is 0 Å². The summed E-state index contributed by atoms with van der Waals surface area (Å²) in [6, 6.07) is 9.66. The first-order chi connectivity index (χ1) is 13.4. The Morgan fingerprint density at radius 3 is 2.61 bits per heavy atom. The van der Waals surface area contributed by atoms with Gasteiger partial charge in [-0.1, -0.05) is 37.5 Å². The van der Waals surface area contributed by atoms with Crippen LogP contribution in [0.4, 0.5) is 0 Å². The van der Waals surface area contributed by atoms with Gasteiger partial charge in [0.1, 0.15) is 11.3 Å². The van der Waals surface area contributed by atoms with Gasteiger partial charge in [-0.15, -0.1) is 0 Å². The number of carbonyl (C=O) groups is 2. The van der Waals surface area contributed by atoms with Gasteiger partial charge in [0.15, 0.2) is 6.10 Å². The summed E-state index contributed by atoms with van der Waals surface area (Å²) < 4.78 is 10.8. The molecule has 28 heavy (non-hydrogen) atoms. The summed E-state index contributed by atoms with van der Waals surface area (Å²) >= 11 is 0. The number of rotatable bonds is 7. The van der Waals surface area contributed by atoms with Gasteiger partial charge in [-0.25, -0.2) is 4.79 Å². The molecule has 1 amide bonds. The van der Waals surface area contributed by atoms with E-state index in [0.29, 0.717) is 25.2 Å². The van der Waals surface area contributed by atoms with Gasteiger partial charge in [-0.05, 0) is 38.8 Å². The zero-order valence-electron chi connectivity index (χ0n) is 16.8. The Morgan fingerprint density at radius 1 is 1.29 bits per heavy atom. The van der Waals surface area contributed by atoms with Gasteiger partial charge in [-0.2, -0.15) is 5.26 Å². The molecule has 0 radical (unpaired) electrons. The van der Waals surface area contributed by atoms with Crippen LogP contribution in [0, 0.1) is 11.3 Å². The predicted molar refractivity (Wildman–Crippen MR) is 106 cm³/mol. The number of nitriles is 1. The summed E-state index contributed by atoms with van der Waals surface area (Å²) in [7, 11) is 1.62. The molecule has 0 aliphatic heterocycles. The van der Waals surface area contributed by atoms with Crippen LogP contribution in [0.1, 0.15) is 51.5 Å². The van der Waals surface area contributed by atoms with E-state index in [2.05, 4.69) is 6.07 Å². The van der Waals surface area contributed by atoms with Crippen molar-refractivity contribution in [1.29, 1.82) is 5.26 Å². The SMILES string of the molecule is CCOc1ccccc1/C=C/C(=O)O[C@H](C)C(=O)N(C)C1(C#N)CCCCC1. The fraction of sp³-hybridized carbons (Fsp3) is 0.500. The van der Waals surface area contributed by atoms with E-state index < -0.39 is 17.6 Å². The monoisotopic (exact) mass is 384 g/mol. The largest absolute Gasteiger partial charge is 0.493 e. The van der Waals surface area contributed by atoms with Crippen LogP contribution in [0.3, 0.4) is 0 Å². The molecule has 1 aliphatic carbocycles. The average molecular weight is 384 g/mol. The highest BCUT2D eigenvalue weighted by molar-refractivity contribution is 5.91. The Bertz CT molecular complexity index is 760. The maximum Gasteiger partial charge on any atom is 0.331 e. The van der Waals surface area contributed by atoms with Crippen LogP contribution in [0.15, 0.2) is 30.3 Å². The van der Waals surface area contributed by atoms with E-state index in [1.54, 1.807) is 13.1 Å². The van der Waals surface area contributed by atoms with Crippen LogP contribution in [0.25, 0.3) is 6.08 Å². The maximum atomic E-state index is 12.7. The van der Waals surface area contributed by atoms with E-state index in [-0.39, 0.29) is 5.91 Å². The summed E-state index contributed by atoms with van der Waals surface area (Å²) in [6.45, 7) is 3.94. The second-order valence-electron chi connectivity index (χ2n) is 6.98. The molecule has 6 nitrogen and oxygen atoms in total. The molecule has 2 rings (SSSR count). The van der Waals surface area contributed by atoms with Crippen molar-refractivity contribution in [3.8, 4) is 11.8 Å². The smallest absolute Gasteiger partial charge is 0.331 e. The number of likely N-dealkylation sites (N-methyl/N-ethyl adjacent to an activating group) is 1. The average Bonchev–Trinajstić information content (AvgIpc) is 2.72. The molecule has 1 saturated carbocycles. The number of amides is 1. The van der Waals surface area contributed by atoms with E-state index in [1.807, 2.05) is 31.2 Å². The van der Waals surface area contributed by atoms with Gasteiger partial charge in [0.05, 0.1) is 12.7 Å². The minimum absolute atomic E-state index is 0.361. The molecule has 1 fully saturated rings. The summed E-state index contributed by atoms with van der Waals surface area (Å²) in [6.07, 6.45) is 6.14. The third kappa shape index (κ3) is 5.13. The van der Waals surface area contributed by atoms with Crippen molar-refractivity contribution in [2.45, 2.75) is 57.6 Å². The number of para-hydroxylation sites is 1. The highest BCUT2D eigenvalue weighted by Crippen LogP contribution is 2.33. The summed E-state index contributed by atoms with van der Waals surface area (Å²) in [5, 5.41) is 9.63. The molecule has 0 N–H and O–H groups in total. The molecule has 1 aliphatic rings. The van der Waals surface area contributed by atoms with Gasteiger partial charge in [-0.3, -0.25) is 4.79 Å². The van der Waals surface area contributed by atoms with E-state index in [9.17, 15) is 14.9 Å². The summed E-state index contributed by atoms with van der Waals surface area (Å²) in [5.41, 5.74) is -0.0505. The zero-order chi connectivity index (χ0) is 20.6. The minimum atomic E-state index is -0.962. The van der Waals surface area contributed by atoms with E-state index in [1.165, 1.54) is 17.9 Å². The summed E-state index contributed by atoms with van der Waals surface area (Å²) in [4.78, 5) is 26.3.